The Morgan fingerprint density at radius 2 is 1.88 bits per heavy atom. The van der Waals surface area contributed by atoms with Crippen molar-refractivity contribution in [2.45, 2.75) is 12.4 Å². The van der Waals surface area contributed by atoms with Crippen molar-refractivity contribution in [3.8, 4) is 0 Å². The van der Waals surface area contributed by atoms with E-state index in [0.717, 1.165) is 0 Å². The molecule has 6 heteroatoms. The minimum Gasteiger partial charge on any atom is -0.439 e. The van der Waals surface area contributed by atoms with E-state index in [1.807, 2.05) is 0 Å². The molecule has 1 unspecified atom stereocenters. The molecule has 0 N–H and O–H groups in total. The van der Waals surface area contributed by atoms with Crippen molar-refractivity contribution in [1.29, 1.82) is 0 Å². The molecular formula is C10H8F3NO2. The van der Waals surface area contributed by atoms with Gasteiger partial charge in [-0.3, -0.25) is 0 Å². The van der Waals surface area contributed by atoms with Crippen LogP contribution in [0.4, 0.5) is 18.0 Å². The Morgan fingerprint density at radius 1 is 1.25 bits per heavy atom. The number of alkyl halides is 3. The summed E-state index contributed by atoms with van der Waals surface area (Å²) in [4.78, 5) is 10.8. The zero-order valence-electron chi connectivity index (χ0n) is 8.07. The molecule has 1 aliphatic rings. The van der Waals surface area contributed by atoms with Crippen LogP contribution in [0, 0.1) is 0 Å². The third-order valence-electron chi connectivity index (χ3n) is 2.29. The molecule has 3 nitrogen and oxygen atoms in total. The molecule has 1 saturated heterocycles. The van der Waals surface area contributed by atoms with Crippen molar-refractivity contribution in [3.63, 3.8) is 0 Å². The first-order chi connectivity index (χ1) is 7.48. The highest BCUT2D eigenvalue weighted by Gasteiger charge is 2.48. The molecule has 2 rings (SSSR count). The molecule has 0 aromatic heterocycles. The first kappa shape index (κ1) is 10.8. The van der Waals surface area contributed by atoms with Crippen LogP contribution in [0.25, 0.3) is 0 Å². The third-order valence-corrected chi connectivity index (χ3v) is 2.29. The largest absolute Gasteiger partial charge is 0.489 e. The van der Waals surface area contributed by atoms with E-state index in [4.69, 9.17) is 0 Å². The molecular weight excluding hydrogens is 223 g/mol. The van der Waals surface area contributed by atoms with Gasteiger partial charge in [-0.2, -0.15) is 0 Å². The van der Waals surface area contributed by atoms with Crippen LogP contribution in [0.2, 0.25) is 0 Å². The van der Waals surface area contributed by atoms with Crippen molar-refractivity contribution in [2.24, 2.45) is 0 Å². The van der Waals surface area contributed by atoms with Gasteiger partial charge in [0, 0.05) is 0 Å². The Kier molecular flexibility index (Phi) is 2.49. The van der Waals surface area contributed by atoms with Gasteiger partial charge in [0.25, 0.3) is 0 Å². The smallest absolute Gasteiger partial charge is 0.439 e. The molecule has 0 saturated carbocycles. The molecule has 0 bridgehead atoms. The number of ether oxygens (including phenoxy) is 1. The molecule has 0 aliphatic carbocycles. The number of carbonyl (C=O) groups excluding carboxylic acids is 1. The lowest BCUT2D eigenvalue weighted by molar-refractivity contribution is -0.219. The van der Waals surface area contributed by atoms with Gasteiger partial charge >= 0.3 is 12.4 Å². The minimum atomic E-state index is -4.68. The van der Waals surface area contributed by atoms with Crippen LogP contribution in [0.15, 0.2) is 30.3 Å². The first-order valence-corrected chi connectivity index (χ1v) is 4.58. The van der Waals surface area contributed by atoms with Gasteiger partial charge in [0.05, 0.1) is 6.54 Å². The maximum Gasteiger partial charge on any atom is 0.489 e. The van der Waals surface area contributed by atoms with Crippen LogP contribution in [0.3, 0.4) is 0 Å². The van der Waals surface area contributed by atoms with Gasteiger partial charge in [-0.25, -0.2) is 9.69 Å². The highest BCUT2D eigenvalue weighted by Crippen LogP contribution is 2.33. The van der Waals surface area contributed by atoms with E-state index in [-0.39, 0.29) is 4.90 Å². The quantitative estimate of drug-likeness (QED) is 0.695. The molecule has 1 atom stereocenters. The zero-order valence-corrected chi connectivity index (χ0v) is 8.07. The number of rotatable bonds is 1. The van der Waals surface area contributed by atoms with Gasteiger partial charge in [-0.15, -0.1) is 13.2 Å². The summed E-state index contributed by atoms with van der Waals surface area (Å²) in [6, 6.07) is 8.34. The summed E-state index contributed by atoms with van der Waals surface area (Å²) in [6.07, 6.45) is -6.88. The van der Waals surface area contributed by atoms with Crippen LogP contribution in [0.1, 0.15) is 11.7 Å². The number of amides is 1. The second-order valence-corrected chi connectivity index (χ2v) is 3.36. The lowest BCUT2D eigenvalue weighted by atomic mass is 10.1. The fourth-order valence-corrected chi connectivity index (χ4v) is 1.51. The van der Waals surface area contributed by atoms with Crippen molar-refractivity contribution in [3.05, 3.63) is 35.9 Å². The third kappa shape index (κ3) is 1.95. The van der Waals surface area contributed by atoms with E-state index in [0.29, 0.717) is 5.56 Å². The molecule has 1 heterocycles. The second kappa shape index (κ2) is 3.70. The van der Waals surface area contributed by atoms with E-state index in [1.165, 1.54) is 0 Å². The lowest BCUT2D eigenvalue weighted by Gasteiger charge is -2.15. The summed E-state index contributed by atoms with van der Waals surface area (Å²) in [7, 11) is 0. The van der Waals surface area contributed by atoms with Crippen molar-refractivity contribution < 1.29 is 22.7 Å². The lowest BCUT2D eigenvalue weighted by Crippen LogP contribution is -2.38. The van der Waals surface area contributed by atoms with Crippen LogP contribution < -0.4 is 0 Å². The molecule has 1 aliphatic heterocycles. The molecule has 1 amide bonds. The zero-order chi connectivity index (χ0) is 11.8. The summed E-state index contributed by atoms with van der Waals surface area (Å²) < 4.78 is 41.6. The average Bonchev–Trinajstić information content (AvgIpc) is 2.61. The SMILES string of the molecule is O=C1OC(c2ccccc2)CN1C(F)(F)F. The number of hydrogen-bond acceptors (Lipinski definition) is 2. The molecule has 1 fully saturated rings. The summed E-state index contributed by atoms with van der Waals surface area (Å²) in [6.45, 7) is -0.494. The molecule has 86 valence electrons. The maximum atomic E-state index is 12.3. The van der Waals surface area contributed by atoms with Gasteiger partial charge in [-0.1, -0.05) is 30.3 Å². The van der Waals surface area contributed by atoms with Crippen molar-refractivity contribution >= 4 is 6.09 Å². The van der Waals surface area contributed by atoms with Gasteiger partial charge in [0.1, 0.15) is 6.10 Å². The van der Waals surface area contributed by atoms with E-state index >= 15 is 0 Å². The van der Waals surface area contributed by atoms with E-state index in [9.17, 15) is 18.0 Å². The summed E-state index contributed by atoms with van der Waals surface area (Å²) in [5.74, 6) is 0. The highest BCUT2D eigenvalue weighted by molar-refractivity contribution is 5.70. The Bertz CT molecular complexity index is 391. The fourth-order valence-electron chi connectivity index (χ4n) is 1.51. The Morgan fingerprint density at radius 3 is 2.38 bits per heavy atom. The molecule has 16 heavy (non-hydrogen) atoms. The number of nitrogens with zero attached hydrogens (tertiary/aromatic N) is 1. The van der Waals surface area contributed by atoms with E-state index in [1.54, 1.807) is 30.3 Å². The second-order valence-electron chi connectivity index (χ2n) is 3.36. The highest BCUT2D eigenvalue weighted by atomic mass is 19.4. The number of benzene rings is 1. The van der Waals surface area contributed by atoms with Crippen molar-refractivity contribution in [2.75, 3.05) is 6.54 Å². The Hall–Kier alpha value is -1.72. The Labute approximate surface area is 89.4 Å². The number of cyclic esters (lactones) is 1. The van der Waals surface area contributed by atoms with Gasteiger partial charge in [-0.05, 0) is 5.56 Å². The predicted octanol–water partition coefficient (Wildman–Crippen LogP) is 2.70. The summed E-state index contributed by atoms with van der Waals surface area (Å²) in [5.41, 5.74) is 0.558. The Balaban J connectivity index is 2.16. The van der Waals surface area contributed by atoms with Crippen LogP contribution in [-0.2, 0) is 4.74 Å². The average molecular weight is 231 g/mol. The maximum absolute atomic E-state index is 12.3. The summed E-state index contributed by atoms with van der Waals surface area (Å²) >= 11 is 0. The van der Waals surface area contributed by atoms with Gasteiger partial charge in [0.2, 0.25) is 0 Å². The van der Waals surface area contributed by atoms with Crippen LogP contribution in [-0.4, -0.2) is 23.8 Å². The van der Waals surface area contributed by atoms with Crippen LogP contribution in [0.5, 0.6) is 0 Å². The number of halogens is 3. The molecule has 1 aromatic rings. The minimum absolute atomic E-state index is 0.231. The number of carbonyl (C=O) groups is 1. The van der Waals surface area contributed by atoms with Gasteiger partial charge < -0.3 is 4.74 Å². The summed E-state index contributed by atoms with van der Waals surface area (Å²) in [5, 5.41) is 0. The topological polar surface area (TPSA) is 29.5 Å². The van der Waals surface area contributed by atoms with E-state index in [2.05, 4.69) is 4.74 Å². The number of hydrogen-bond donors (Lipinski definition) is 0. The predicted molar refractivity (Wildman–Crippen MR) is 48.4 cm³/mol. The molecule has 0 spiro atoms. The van der Waals surface area contributed by atoms with Gasteiger partial charge in [0.15, 0.2) is 0 Å². The van der Waals surface area contributed by atoms with Crippen molar-refractivity contribution in [1.82, 2.24) is 4.90 Å². The first-order valence-electron chi connectivity index (χ1n) is 4.58. The van der Waals surface area contributed by atoms with Crippen LogP contribution >= 0.6 is 0 Å². The molecule has 1 aromatic carbocycles. The monoisotopic (exact) mass is 231 g/mol. The normalized spacial score (nSPS) is 21.1. The molecule has 0 radical (unpaired) electrons. The standard InChI is InChI=1S/C10H8F3NO2/c11-10(12,13)14-6-8(16-9(14)15)7-4-2-1-3-5-7/h1-5,8H,6H2. The fraction of sp³-hybridized carbons (Fsp3) is 0.300. The van der Waals surface area contributed by atoms with E-state index < -0.39 is 25.0 Å².